The molecule has 0 aliphatic rings. The van der Waals surface area contributed by atoms with Crippen molar-refractivity contribution in [3.05, 3.63) is 41.7 Å². The maximum absolute atomic E-state index is 13.7. The van der Waals surface area contributed by atoms with Crippen LogP contribution in [0.15, 0.2) is 30.3 Å². The lowest BCUT2D eigenvalue weighted by Gasteiger charge is -1.99. The Bertz CT molecular complexity index is 652. The van der Waals surface area contributed by atoms with Crippen LogP contribution < -0.4 is 11.1 Å². The maximum Gasteiger partial charge on any atom is 0.251 e. The number of rotatable bonds is 3. The van der Waals surface area contributed by atoms with Gasteiger partial charge in [0.1, 0.15) is 10.8 Å². The monoisotopic (exact) mass is 278 g/mol. The van der Waals surface area contributed by atoms with E-state index < -0.39 is 11.7 Å². The van der Waals surface area contributed by atoms with E-state index in [-0.39, 0.29) is 11.5 Å². The molecule has 2 amide bonds. The van der Waals surface area contributed by atoms with Crippen LogP contribution in [-0.4, -0.2) is 11.8 Å². The quantitative estimate of drug-likeness (QED) is 0.905. The number of benzene rings is 1. The van der Waals surface area contributed by atoms with E-state index >= 15 is 0 Å². The van der Waals surface area contributed by atoms with Crippen LogP contribution in [0.2, 0.25) is 0 Å². The molecule has 2 rings (SSSR count). The number of halogens is 1. The van der Waals surface area contributed by atoms with Gasteiger partial charge in [0.25, 0.3) is 5.91 Å². The SMILES string of the molecule is CC(=O)Nc1sc(-c2ccccc2F)cc1C(N)=O. The van der Waals surface area contributed by atoms with Crippen LogP contribution in [0.5, 0.6) is 0 Å². The van der Waals surface area contributed by atoms with E-state index in [1.807, 2.05) is 0 Å². The molecule has 3 N–H and O–H groups in total. The lowest BCUT2D eigenvalue weighted by molar-refractivity contribution is -0.114. The highest BCUT2D eigenvalue weighted by atomic mass is 32.1. The van der Waals surface area contributed by atoms with Gasteiger partial charge in [-0.15, -0.1) is 11.3 Å². The lowest BCUT2D eigenvalue weighted by atomic mass is 10.1. The molecule has 0 bridgehead atoms. The first-order chi connectivity index (χ1) is 8.99. The van der Waals surface area contributed by atoms with Crippen molar-refractivity contribution in [1.82, 2.24) is 0 Å². The first kappa shape index (κ1) is 13.2. The zero-order valence-corrected chi connectivity index (χ0v) is 10.9. The van der Waals surface area contributed by atoms with E-state index in [2.05, 4.69) is 5.32 Å². The van der Waals surface area contributed by atoms with Gasteiger partial charge in [0.15, 0.2) is 0 Å². The predicted octanol–water partition coefficient (Wildman–Crippen LogP) is 2.61. The Morgan fingerprint density at radius 1 is 1.32 bits per heavy atom. The Hall–Kier alpha value is -2.21. The Balaban J connectivity index is 2.52. The molecule has 4 nitrogen and oxygen atoms in total. The fraction of sp³-hybridized carbons (Fsp3) is 0.0769. The average Bonchev–Trinajstić information content (AvgIpc) is 2.72. The molecule has 0 atom stereocenters. The molecule has 0 aliphatic heterocycles. The van der Waals surface area contributed by atoms with Crippen LogP contribution in [0, 0.1) is 5.82 Å². The summed E-state index contributed by atoms with van der Waals surface area (Å²) < 4.78 is 13.7. The standard InChI is InChI=1S/C13H11FN2O2S/c1-7(17)16-13-9(12(15)18)6-11(19-13)8-4-2-3-5-10(8)14/h2-6H,1H3,(H2,15,18)(H,16,17). The molecule has 19 heavy (non-hydrogen) atoms. The summed E-state index contributed by atoms with van der Waals surface area (Å²) >= 11 is 1.11. The second kappa shape index (κ2) is 5.19. The van der Waals surface area contributed by atoms with Crippen LogP contribution in [0.25, 0.3) is 10.4 Å². The van der Waals surface area contributed by atoms with Crippen LogP contribution in [0.4, 0.5) is 9.39 Å². The van der Waals surface area contributed by atoms with Crippen LogP contribution in [-0.2, 0) is 4.79 Å². The molecular weight excluding hydrogens is 267 g/mol. The van der Waals surface area contributed by atoms with Gasteiger partial charge in [0, 0.05) is 17.4 Å². The van der Waals surface area contributed by atoms with Crippen LogP contribution >= 0.6 is 11.3 Å². The Kier molecular flexibility index (Phi) is 3.62. The maximum atomic E-state index is 13.7. The van der Waals surface area contributed by atoms with E-state index in [1.54, 1.807) is 18.2 Å². The van der Waals surface area contributed by atoms with Crippen molar-refractivity contribution in [2.75, 3.05) is 5.32 Å². The molecule has 2 aromatic rings. The number of carbonyl (C=O) groups is 2. The first-order valence-electron chi connectivity index (χ1n) is 5.45. The third-order valence-corrected chi connectivity index (χ3v) is 3.51. The predicted molar refractivity (Wildman–Crippen MR) is 72.5 cm³/mol. The molecule has 0 saturated carbocycles. The van der Waals surface area contributed by atoms with Gasteiger partial charge in [-0.2, -0.15) is 0 Å². The normalized spacial score (nSPS) is 10.2. The molecular formula is C13H11FN2O2S. The minimum atomic E-state index is -0.664. The topological polar surface area (TPSA) is 72.2 Å². The van der Waals surface area contributed by atoms with Gasteiger partial charge >= 0.3 is 0 Å². The molecule has 1 aromatic heterocycles. The van der Waals surface area contributed by atoms with E-state index in [9.17, 15) is 14.0 Å². The number of nitrogens with two attached hydrogens (primary N) is 1. The third-order valence-electron chi connectivity index (χ3n) is 2.43. The molecule has 98 valence electrons. The highest BCUT2D eigenvalue weighted by Gasteiger charge is 2.17. The third kappa shape index (κ3) is 2.79. The molecule has 1 aromatic carbocycles. The number of thiophene rings is 1. The largest absolute Gasteiger partial charge is 0.366 e. The summed E-state index contributed by atoms with van der Waals surface area (Å²) in [4.78, 5) is 22.9. The molecule has 0 fully saturated rings. The summed E-state index contributed by atoms with van der Waals surface area (Å²) in [5.41, 5.74) is 5.79. The number of nitrogens with one attached hydrogen (secondary N) is 1. The van der Waals surface area contributed by atoms with Gasteiger partial charge in [-0.3, -0.25) is 9.59 Å². The smallest absolute Gasteiger partial charge is 0.251 e. The molecule has 0 saturated heterocycles. The summed E-state index contributed by atoms with van der Waals surface area (Å²) in [5, 5.41) is 2.85. The highest BCUT2D eigenvalue weighted by Crippen LogP contribution is 2.36. The molecule has 0 radical (unpaired) electrons. The second-order valence-electron chi connectivity index (χ2n) is 3.88. The number of primary amides is 1. The zero-order chi connectivity index (χ0) is 14.0. The van der Waals surface area contributed by atoms with Gasteiger partial charge in [-0.05, 0) is 12.1 Å². The highest BCUT2D eigenvalue weighted by molar-refractivity contribution is 7.20. The van der Waals surface area contributed by atoms with Crippen LogP contribution in [0.1, 0.15) is 17.3 Å². The number of carbonyl (C=O) groups excluding carboxylic acids is 2. The van der Waals surface area contributed by atoms with E-state index in [1.165, 1.54) is 19.1 Å². The molecule has 0 unspecified atom stereocenters. The van der Waals surface area contributed by atoms with Crippen molar-refractivity contribution >= 4 is 28.2 Å². The van der Waals surface area contributed by atoms with Crippen LogP contribution in [0.3, 0.4) is 0 Å². The molecule has 0 spiro atoms. The van der Waals surface area contributed by atoms with Gasteiger partial charge in [-0.25, -0.2) is 4.39 Å². The summed E-state index contributed by atoms with van der Waals surface area (Å²) in [6.07, 6.45) is 0. The summed E-state index contributed by atoms with van der Waals surface area (Å²) in [6.45, 7) is 1.33. The zero-order valence-electron chi connectivity index (χ0n) is 10.1. The second-order valence-corrected chi connectivity index (χ2v) is 4.93. The first-order valence-corrected chi connectivity index (χ1v) is 6.27. The fourth-order valence-corrected chi connectivity index (χ4v) is 2.76. The van der Waals surface area contributed by atoms with Crippen molar-refractivity contribution in [3.8, 4) is 10.4 Å². The fourth-order valence-electron chi connectivity index (χ4n) is 1.62. The van der Waals surface area contributed by atoms with Crippen molar-refractivity contribution in [1.29, 1.82) is 0 Å². The van der Waals surface area contributed by atoms with Gasteiger partial charge in [-0.1, -0.05) is 18.2 Å². The number of hydrogen-bond donors (Lipinski definition) is 2. The summed E-state index contributed by atoms with van der Waals surface area (Å²) in [5.74, 6) is -1.37. The average molecular weight is 278 g/mol. The molecule has 1 heterocycles. The number of anilines is 1. The number of hydrogen-bond acceptors (Lipinski definition) is 3. The Morgan fingerprint density at radius 2 is 2.00 bits per heavy atom. The van der Waals surface area contributed by atoms with Crippen molar-refractivity contribution < 1.29 is 14.0 Å². The minimum Gasteiger partial charge on any atom is -0.366 e. The van der Waals surface area contributed by atoms with Gasteiger partial charge < -0.3 is 11.1 Å². The lowest BCUT2D eigenvalue weighted by Crippen LogP contribution is -2.14. The summed E-state index contributed by atoms with van der Waals surface area (Å²) in [7, 11) is 0. The van der Waals surface area contributed by atoms with Gasteiger partial charge in [0.2, 0.25) is 5.91 Å². The van der Waals surface area contributed by atoms with E-state index in [4.69, 9.17) is 5.73 Å². The van der Waals surface area contributed by atoms with E-state index in [0.29, 0.717) is 15.4 Å². The minimum absolute atomic E-state index is 0.179. The van der Waals surface area contributed by atoms with Gasteiger partial charge in [0.05, 0.1) is 5.56 Å². The summed E-state index contributed by atoms with van der Waals surface area (Å²) in [6, 6.07) is 7.69. The number of amides is 2. The van der Waals surface area contributed by atoms with Crippen molar-refractivity contribution in [2.45, 2.75) is 6.92 Å². The Labute approximate surface area is 113 Å². The Morgan fingerprint density at radius 3 is 2.58 bits per heavy atom. The van der Waals surface area contributed by atoms with Crippen molar-refractivity contribution in [3.63, 3.8) is 0 Å². The van der Waals surface area contributed by atoms with Crippen molar-refractivity contribution in [2.24, 2.45) is 5.73 Å². The molecule has 6 heteroatoms. The van der Waals surface area contributed by atoms with E-state index in [0.717, 1.165) is 11.3 Å². The molecule has 0 aliphatic carbocycles.